The van der Waals surface area contributed by atoms with Gasteiger partial charge in [0.05, 0.1) is 12.7 Å². The first-order valence-corrected chi connectivity index (χ1v) is 5.54. The molecule has 1 aromatic rings. The Labute approximate surface area is 103 Å². The van der Waals surface area contributed by atoms with Gasteiger partial charge in [0.15, 0.2) is 0 Å². The van der Waals surface area contributed by atoms with E-state index in [0.717, 1.165) is 0 Å². The summed E-state index contributed by atoms with van der Waals surface area (Å²) < 4.78 is 6.74. The van der Waals surface area contributed by atoms with Crippen LogP contribution >= 0.6 is 0 Å². The summed E-state index contributed by atoms with van der Waals surface area (Å²) in [6.07, 6.45) is -0.0618. The third kappa shape index (κ3) is 1.99. The molecule has 8 heteroatoms. The summed E-state index contributed by atoms with van der Waals surface area (Å²) in [5, 5.41) is 19.2. The number of hydrogen-bond acceptors (Lipinski definition) is 7. The molecule has 6 N–H and O–H groups in total. The van der Waals surface area contributed by atoms with E-state index in [9.17, 15) is 15.0 Å². The zero-order chi connectivity index (χ0) is 13.3. The van der Waals surface area contributed by atoms with Gasteiger partial charge in [0.2, 0.25) is 0 Å². The molecule has 8 nitrogen and oxygen atoms in total. The first-order valence-electron chi connectivity index (χ1n) is 5.54. The molecule has 1 fully saturated rings. The van der Waals surface area contributed by atoms with Crippen LogP contribution in [0.15, 0.2) is 17.1 Å². The summed E-state index contributed by atoms with van der Waals surface area (Å²) in [7, 11) is 0. The highest BCUT2D eigenvalue weighted by Crippen LogP contribution is 2.35. The van der Waals surface area contributed by atoms with Gasteiger partial charge in [-0.3, -0.25) is 4.57 Å². The van der Waals surface area contributed by atoms with E-state index in [1.165, 1.54) is 16.8 Å². The molecule has 1 aliphatic heterocycles. The molecule has 0 amide bonds. The number of aliphatic hydroxyl groups is 2. The van der Waals surface area contributed by atoms with Gasteiger partial charge in [-0.05, 0) is 6.07 Å². The van der Waals surface area contributed by atoms with Crippen molar-refractivity contribution in [3.63, 3.8) is 0 Å². The molecule has 1 aromatic heterocycles. The topological polar surface area (TPSA) is 137 Å². The highest BCUT2D eigenvalue weighted by atomic mass is 16.6. The summed E-state index contributed by atoms with van der Waals surface area (Å²) in [4.78, 5) is 15.2. The van der Waals surface area contributed by atoms with E-state index in [2.05, 4.69) is 4.98 Å². The molecule has 0 saturated carbocycles. The van der Waals surface area contributed by atoms with Gasteiger partial charge in [0.1, 0.15) is 17.6 Å². The Balaban J connectivity index is 2.30. The fourth-order valence-electron chi connectivity index (χ4n) is 2.01. The van der Waals surface area contributed by atoms with Crippen LogP contribution in [-0.2, 0) is 4.74 Å². The molecular weight excluding hydrogens is 240 g/mol. The molecule has 0 bridgehead atoms. The lowest BCUT2D eigenvalue weighted by atomic mass is 9.98. The molecule has 0 aliphatic carbocycles. The molecule has 3 atom stereocenters. The molecule has 0 spiro atoms. The van der Waals surface area contributed by atoms with Crippen molar-refractivity contribution in [1.82, 2.24) is 9.55 Å². The number of aromatic nitrogens is 2. The maximum atomic E-state index is 11.6. The first kappa shape index (κ1) is 13.0. The number of anilines is 1. The van der Waals surface area contributed by atoms with Crippen LogP contribution in [0.25, 0.3) is 0 Å². The summed E-state index contributed by atoms with van der Waals surface area (Å²) in [5.41, 5.74) is 9.09. The SMILES string of the molecule is NCC1(CO)OC(n2ccc(N)nc2=O)CC1O. The van der Waals surface area contributed by atoms with Crippen LogP contribution in [-0.4, -0.2) is 44.6 Å². The van der Waals surface area contributed by atoms with Crippen LogP contribution in [0.4, 0.5) is 5.82 Å². The Morgan fingerprint density at radius 3 is 2.89 bits per heavy atom. The van der Waals surface area contributed by atoms with Gasteiger partial charge in [-0.15, -0.1) is 0 Å². The number of hydrogen-bond donors (Lipinski definition) is 4. The summed E-state index contributed by atoms with van der Waals surface area (Å²) >= 11 is 0. The second kappa shape index (κ2) is 4.65. The van der Waals surface area contributed by atoms with Gasteiger partial charge >= 0.3 is 5.69 Å². The molecule has 2 heterocycles. The normalized spacial score (nSPS) is 31.7. The molecule has 100 valence electrons. The molecule has 2 rings (SSSR count). The van der Waals surface area contributed by atoms with Gasteiger partial charge in [0.25, 0.3) is 0 Å². The maximum absolute atomic E-state index is 11.6. The number of nitrogens with zero attached hydrogens (tertiary/aromatic N) is 2. The first-order chi connectivity index (χ1) is 8.52. The lowest BCUT2D eigenvalue weighted by molar-refractivity contribution is -0.122. The van der Waals surface area contributed by atoms with Gasteiger partial charge in [-0.1, -0.05) is 0 Å². The van der Waals surface area contributed by atoms with E-state index in [4.69, 9.17) is 16.2 Å². The second-order valence-corrected chi connectivity index (χ2v) is 4.29. The minimum absolute atomic E-state index is 0.0433. The van der Waals surface area contributed by atoms with Gasteiger partial charge in [0, 0.05) is 19.2 Å². The molecule has 18 heavy (non-hydrogen) atoms. The Bertz CT molecular complexity index is 485. The largest absolute Gasteiger partial charge is 0.393 e. The number of ether oxygens (including phenoxy) is 1. The van der Waals surface area contributed by atoms with Crippen LogP contribution in [0.3, 0.4) is 0 Å². The average molecular weight is 256 g/mol. The Morgan fingerprint density at radius 2 is 2.39 bits per heavy atom. The number of nitrogens with two attached hydrogens (primary N) is 2. The molecule has 1 saturated heterocycles. The van der Waals surface area contributed by atoms with Crippen molar-refractivity contribution < 1.29 is 14.9 Å². The van der Waals surface area contributed by atoms with Crippen molar-refractivity contribution in [2.24, 2.45) is 5.73 Å². The molecule has 3 unspecified atom stereocenters. The standard InChI is InChI=1S/C10H16N4O4/c11-4-10(5-15)6(16)3-8(18-10)14-2-1-7(12)13-9(14)17/h1-2,6,8,15-16H,3-5,11H2,(H2,12,13,17). The third-order valence-corrected chi connectivity index (χ3v) is 3.18. The maximum Gasteiger partial charge on any atom is 0.351 e. The average Bonchev–Trinajstić information content (AvgIpc) is 2.67. The van der Waals surface area contributed by atoms with Crippen molar-refractivity contribution in [3.05, 3.63) is 22.7 Å². The van der Waals surface area contributed by atoms with E-state index in [-0.39, 0.29) is 18.8 Å². The molecular formula is C10H16N4O4. The van der Waals surface area contributed by atoms with Crippen molar-refractivity contribution >= 4 is 5.82 Å². The van der Waals surface area contributed by atoms with Crippen LogP contribution in [0.1, 0.15) is 12.6 Å². The van der Waals surface area contributed by atoms with Gasteiger partial charge < -0.3 is 26.4 Å². The van der Waals surface area contributed by atoms with E-state index >= 15 is 0 Å². The molecule has 0 aromatic carbocycles. The fraction of sp³-hybridized carbons (Fsp3) is 0.600. The van der Waals surface area contributed by atoms with E-state index in [1.54, 1.807) is 0 Å². The van der Waals surface area contributed by atoms with Crippen LogP contribution < -0.4 is 17.2 Å². The quantitative estimate of drug-likeness (QED) is 0.481. The number of nitrogen functional groups attached to an aromatic ring is 1. The Morgan fingerprint density at radius 1 is 1.67 bits per heavy atom. The highest BCUT2D eigenvalue weighted by Gasteiger charge is 2.47. The van der Waals surface area contributed by atoms with Crippen molar-refractivity contribution in [2.75, 3.05) is 18.9 Å². The van der Waals surface area contributed by atoms with Crippen molar-refractivity contribution in [3.8, 4) is 0 Å². The third-order valence-electron chi connectivity index (χ3n) is 3.18. The smallest absolute Gasteiger partial charge is 0.351 e. The molecule has 0 radical (unpaired) electrons. The van der Waals surface area contributed by atoms with Crippen molar-refractivity contribution in [1.29, 1.82) is 0 Å². The van der Waals surface area contributed by atoms with Gasteiger partial charge in [-0.2, -0.15) is 4.98 Å². The van der Waals surface area contributed by atoms with Gasteiger partial charge in [-0.25, -0.2) is 4.79 Å². The monoisotopic (exact) mass is 256 g/mol. The zero-order valence-corrected chi connectivity index (χ0v) is 9.69. The fourth-order valence-corrected chi connectivity index (χ4v) is 2.01. The number of rotatable bonds is 3. The Hall–Kier alpha value is -1.48. The predicted molar refractivity (Wildman–Crippen MR) is 62.5 cm³/mol. The summed E-state index contributed by atoms with van der Waals surface area (Å²) in [5.74, 6) is 0.113. The van der Waals surface area contributed by atoms with Crippen LogP contribution in [0, 0.1) is 0 Å². The zero-order valence-electron chi connectivity index (χ0n) is 9.69. The molecule has 1 aliphatic rings. The number of aliphatic hydroxyl groups excluding tert-OH is 2. The summed E-state index contributed by atoms with van der Waals surface area (Å²) in [6, 6.07) is 1.46. The minimum Gasteiger partial charge on any atom is -0.393 e. The Kier molecular flexibility index (Phi) is 3.35. The lowest BCUT2D eigenvalue weighted by Crippen LogP contribution is -2.49. The van der Waals surface area contributed by atoms with E-state index < -0.39 is 30.2 Å². The minimum atomic E-state index is -1.23. The predicted octanol–water partition coefficient (Wildman–Crippen LogP) is -2.20. The van der Waals surface area contributed by atoms with E-state index in [1.807, 2.05) is 0 Å². The second-order valence-electron chi connectivity index (χ2n) is 4.29. The van der Waals surface area contributed by atoms with Crippen LogP contribution in [0.2, 0.25) is 0 Å². The van der Waals surface area contributed by atoms with Crippen LogP contribution in [0.5, 0.6) is 0 Å². The van der Waals surface area contributed by atoms with Crippen molar-refractivity contribution in [2.45, 2.75) is 24.4 Å². The summed E-state index contributed by atoms with van der Waals surface area (Å²) in [6.45, 7) is -0.462. The highest BCUT2D eigenvalue weighted by molar-refractivity contribution is 5.23. The lowest BCUT2D eigenvalue weighted by Gasteiger charge is -2.28. The van der Waals surface area contributed by atoms with E-state index in [0.29, 0.717) is 0 Å².